The second-order valence-electron chi connectivity index (χ2n) is 5.18. The second kappa shape index (κ2) is 8.67. The van der Waals surface area contributed by atoms with E-state index in [1.54, 1.807) is 0 Å². The summed E-state index contributed by atoms with van der Waals surface area (Å²) in [5, 5.41) is 2.88. The average molecular weight is 380 g/mol. The molecule has 0 saturated heterocycles. The standard InChI is InChI=1S/C18H19BrFNO2/c1-2-13(14-6-4-3-5-7-14)11-21-18(22)12-23-17-9-8-15(20)10-16(17)19/h3-10,13H,2,11-12H2,1H3,(H,21,22). The molecule has 0 bridgehead atoms. The van der Waals surface area contributed by atoms with Crippen molar-refractivity contribution in [1.82, 2.24) is 5.32 Å². The van der Waals surface area contributed by atoms with Crippen LogP contribution in [0.5, 0.6) is 5.75 Å². The van der Waals surface area contributed by atoms with E-state index in [1.165, 1.54) is 23.8 Å². The average Bonchev–Trinajstić information content (AvgIpc) is 2.55. The quantitative estimate of drug-likeness (QED) is 0.779. The van der Waals surface area contributed by atoms with Crippen LogP contribution >= 0.6 is 15.9 Å². The van der Waals surface area contributed by atoms with Crippen LogP contribution in [0.3, 0.4) is 0 Å². The van der Waals surface area contributed by atoms with E-state index in [4.69, 9.17) is 4.74 Å². The predicted octanol–water partition coefficient (Wildman–Crippen LogP) is 4.28. The Morgan fingerprint density at radius 3 is 2.65 bits per heavy atom. The molecule has 0 aliphatic heterocycles. The van der Waals surface area contributed by atoms with E-state index >= 15 is 0 Å². The van der Waals surface area contributed by atoms with Gasteiger partial charge in [-0.2, -0.15) is 0 Å². The van der Waals surface area contributed by atoms with Gasteiger partial charge < -0.3 is 10.1 Å². The molecule has 1 N–H and O–H groups in total. The molecule has 2 rings (SSSR count). The number of benzene rings is 2. The van der Waals surface area contributed by atoms with E-state index in [2.05, 4.69) is 40.3 Å². The lowest BCUT2D eigenvalue weighted by atomic mass is 9.96. The first-order chi connectivity index (χ1) is 11.1. The fourth-order valence-electron chi connectivity index (χ4n) is 2.25. The van der Waals surface area contributed by atoms with Gasteiger partial charge >= 0.3 is 0 Å². The van der Waals surface area contributed by atoms with Crippen LogP contribution < -0.4 is 10.1 Å². The van der Waals surface area contributed by atoms with Crippen LogP contribution in [0.2, 0.25) is 0 Å². The van der Waals surface area contributed by atoms with Crippen LogP contribution in [-0.2, 0) is 4.79 Å². The molecule has 0 radical (unpaired) electrons. The van der Waals surface area contributed by atoms with Gasteiger partial charge in [0.1, 0.15) is 11.6 Å². The Labute approximate surface area is 144 Å². The van der Waals surface area contributed by atoms with Crippen LogP contribution in [0, 0.1) is 5.82 Å². The highest BCUT2D eigenvalue weighted by atomic mass is 79.9. The molecule has 5 heteroatoms. The molecule has 0 saturated carbocycles. The van der Waals surface area contributed by atoms with Crippen molar-refractivity contribution >= 4 is 21.8 Å². The van der Waals surface area contributed by atoms with Crippen molar-refractivity contribution in [1.29, 1.82) is 0 Å². The molecule has 23 heavy (non-hydrogen) atoms. The Bertz CT molecular complexity index is 649. The molecule has 122 valence electrons. The van der Waals surface area contributed by atoms with Crippen molar-refractivity contribution in [2.75, 3.05) is 13.2 Å². The number of rotatable bonds is 7. The number of hydrogen-bond acceptors (Lipinski definition) is 2. The smallest absolute Gasteiger partial charge is 0.257 e. The number of ether oxygens (including phenoxy) is 1. The second-order valence-corrected chi connectivity index (χ2v) is 6.04. The highest BCUT2D eigenvalue weighted by Crippen LogP contribution is 2.25. The lowest BCUT2D eigenvalue weighted by Gasteiger charge is -2.16. The van der Waals surface area contributed by atoms with Crippen molar-refractivity contribution < 1.29 is 13.9 Å². The lowest BCUT2D eigenvalue weighted by Crippen LogP contribution is -2.32. The first-order valence-electron chi connectivity index (χ1n) is 7.49. The molecule has 0 aliphatic carbocycles. The molecule has 0 fully saturated rings. The largest absolute Gasteiger partial charge is 0.483 e. The molecule has 2 aromatic rings. The van der Waals surface area contributed by atoms with Crippen molar-refractivity contribution in [3.05, 3.63) is 64.4 Å². The third-order valence-electron chi connectivity index (χ3n) is 3.56. The fraction of sp³-hybridized carbons (Fsp3) is 0.278. The maximum absolute atomic E-state index is 13.0. The zero-order chi connectivity index (χ0) is 16.7. The van der Waals surface area contributed by atoms with Gasteiger partial charge in [0, 0.05) is 12.5 Å². The summed E-state index contributed by atoms with van der Waals surface area (Å²) in [5.74, 6) is 0.160. The first-order valence-corrected chi connectivity index (χ1v) is 8.29. The van der Waals surface area contributed by atoms with Gasteiger partial charge in [-0.3, -0.25) is 4.79 Å². The minimum Gasteiger partial charge on any atom is -0.483 e. The lowest BCUT2D eigenvalue weighted by molar-refractivity contribution is -0.123. The van der Waals surface area contributed by atoms with Crippen LogP contribution in [0.1, 0.15) is 24.8 Å². The first kappa shape index (κ1) is 17.5. The Morgan fingerprint density at radius 1 is 1.26 bits per heavy atom. The van der Waals surface area contributed by atoms with Crippen molar-refractivity contribution in [3.63, 3.8) is 0 Å². The van der Waals surface area contributed by atoms with Gasteiger partial charge in [0.15, 0.2) is 6.61 Å². The van der Waals surface area contributed by atoms with E-state index in [0.29, 0.717) is 16.8 Å². The number of halogens is 2. The summed E-state index contributed by atoms with van der Waals surface area (Å²) >= 11 is 3.20. The SMILES string of the molecule is CCC(CNC(=O)COc1ccc(F)cc1Br)c1ccccc1. The molecular weight excluding hydrogens is 361 g/mol. The Hall–Kier alpha value is -1.88. The zero-order valence-corrected chi connectivity index (χ0v) is 14.5. The molecule has 0 aromatic heterocycles. The van der Waals surface area contributed by atoms with Crippen LogP contribution in [0.15, 0.2) is 53.0 Å². The minimum atomic E-state index is -0.359. The predicted molar refractivity (Wildman–Crippen MR) is 92.1 cm³/mol. The summed E-state index contributed by atoms with van der Waals surface area (Å²) in [5.41, 5.74) is 1.21. The minimum absolute atomic E-state index is 0.102. The summed E-state index contributed by atoms with van der Waals surface area (Å²) < 4.78 is 18.9. The third-order valence-corrected chi connectivity index (χ3v) is 4.18. The van der Waals surface area contributed by atoms with Gasteiger partial charge in [-0.05, 0) is 46.1 Å². The van der Waals surface area contributed by atoms with Crippen molar-refractivity contribution in [2.45, 2.75) is 19.3 Å². The van der Waals surface area contributed by atoms with Gasteiger partial charge in [-0.1, -0.05) is 37.3 Å². The number of amides is 1. The summed E-state index contributed by atoms with van der Waals surface area (Å²) in [4.78, 5) is 11.9. The van der Waals surface area contributed by atoms with Crippen LogP contribution in [0.25, 0.3) is 0 Å². The van der Waals surface area contributed by atoms with Gasteiger partial charge in [0.2, 0.25) is 0 Å². The third kappa shape index (κ3) is 5.36. The van der Waals surface area contributed by atoms with Crippen LogP contribution in [-0.4, -0.2) is 19.1 Å². The molecule has 0 aliphatic rings. The number of carbonyl (C=O) groups is 1. The van der Waals surface area contributed by atoms with E-state index in [-0.39, 0.29) is 24.2 Å². The molecular formula is C18H19BrFNO2. The van der Waals surface area contributed by atoms with Gasteiger partial charge in [-0.15, -0.1) is 0 Å². The number of nitrogens with one attached hydrogen (secondary N) is 1. The van der Waals surface area contributed by atoms with Gasteiger partial charge in [0.05, 0.1) is 4.47 Å². The Kier molecular flexibility index (Phi) is 6.59. The highest BCUT2D eigenvalue weighted by Gasteiger charge is 2.11. The van der Waals surface area contributed by atoms with Crippen LogP contribution in [0.4, 0.5) is 4.39 Å². The van der Waals surface area contributed by atoms with Gasteiger partial charge in [0.25, 0.3) is 5.91 Å². The molecule has 1 amide bonds. The Balaban J connectivity index is 1.82. The van der Waals surface area contributed by atoms with E-state index in [9.17, 15) is 9.18 Å². The van der Waals surface area contributed by atoms with Crippen molar-refractivity contribution in [2.24, 2.45) is 0 Å². The molecule has 1 unspecified atom stereocenters. The van der Waals surface area contributed by atoms with Crippen molar-refractivity contribution in [3.8, 4) is 5.75 Å². The highest BCUT2D eigenvalue weighted by molar-refractivity contribution is 9.10. The maximum atomic E-state index is 13.0. The molecule has 0 heterocycles. The molecule has 3 nitrogen and oxygen atoms in total. The molecule has 2 aromatic carbocycles. The maximum Gasteiger partial charge on any atom is 0.257 e. The fourth-order valence-corrected chi connectivity index (χ4v) is 2.71. The summed E-state index contributed by atoms with van der Waals surface area (Å²) in [7, 11) is 0. The van der Waals surface area contributed by atoms with E-state index < -0.39 is 0 Å². The van der Waals surface area contributed by atoms with Gasteiger partial charge in [-0.25, -0.2) is 4.39 Å². The molecule has 1 atom stereocenters. The number of carbonyl (C=O) groups excluding carboxylic acids is 1. The Morgan fingerprint density at radius 2 is 2.00 bits per heavy atom. The number of hydrogen-bond donors (Lipinski definition) is 1. The monoisotopic (exact) mass is 379 g/mol. The molecule has 0 spiro atoms. The zero-order valence-electron chi connectivity index (χ0n) is 12.9. The van der Waals surface area contributed by atoms with E-state index in [0.717, 1.165) is 6.42 Å². The summed E-state index contributed by atoms with van der Waals surface area (Å²) in [6.07, 6.45) is 0.939. The van der Waals surface area contributed by atoms with E-state index in [1.807, 2.05) is 18.2 Å². The summed E-state index contributed by atoms with van der Waals surface area (Å²) in [6.45, 7) is 2.55. The topological polar surface area (TPSA) is 38.3 Å². The normalized spacial score (nSPS) is 11.8. The summed E-state index contributed by atoms with van der Waals surface area (Å²) in [6, 6.07) is 14.2.